The summed E-state index contributed by atoms with van der Waals surface area (Å²) in [6, 6.07) is 37.2. The van der Waals surface area contributed by atoms with Gasteiger partial charge in [0.1, 0.15) is 5.82 Å². The molecule has 4 heteroatoms. The molecule has 2 aliphatic carbocycles. The quantitative estimate of drug-likeness (QED) is 0.177. The van der Waals surface area contributed by atoms with Gasteiger partial charge in [-0.05, 0) is 195 Å². The smallest absolute Gasteiger partial charge is 0.137 e. The van der Waals surface area contributed by atoms with Crippen LogP contribution < -0.4 is 0 Å². The number of rotatable bonds is 4. The van der Waals surface area contributed by atoms with Crippen molar-refractivity contribution in [1.29, 1.82) is 0 Å². The zero-order valence-corrected chi connectivity index (χ0v) is 33.7. The first-order chi connectivity index (χ1) is 27.7. The van der Waals surface area contributed by atoms with Gasteiger partial charge in [-0.1, -0.05) is 53.6 Å². The molecule has 5 aromatic carbocycles. The van der Waals surface area contributed by atoms with Crippen LogP contribution in [-0.4, -0.2) is 18.9 Å². The Kier molecular flexibility index (Phi) is 7.47. The summed E-state index contributed by atoms with van der Waals surface area (Å²) >= 11 is 0. The fourth-order valence-corrected chi connectivity index (χ4v) is 9.91. The maximum absolute atomic E-state index is 4.99. The maximum atomic E-state index is 4.99. The molecule has 0 atom stereocenters. The van der Waals surface area contributed by atoms with E-state index in [9.17, 15) is 0 Å². The Morgan fingerprint density at radius 1 is 0.509 bits per heavy atom. The van der Waals surface area contributed by atoms with Gasteiger partial charge in [0.2, 0.25) is 0 Å². The van der Waals surface area contributed by atoms with E-state index in [1.807, 2.05) is 6.20 Å². The Balaban J connectivity index is 1.16. The van der Waals surface area contributed by atoms with Gasteiger partial charge in [0.05, 0.1) is 16.6 Å². The molecule has 0 bridgehead atoms. The molecule has 9 aromatic rings. The molecule has 278 valence electrons. The van der Waals surface area contributed by atoms with Gasteiger partial charge >= 0.3 is 0 Å². The zero-order valence-electron chi connectivity index (χ0n) is 33.7. The van der Waals surface area contributed by atoms with Crippen molar-refractivity contribution in [3.8, 4) is 28.1 Å². The molecule has 4 heterocycles. The van der Waals surface area contributed by atoms with E-state index in [0.29, 0.717) is 0 Å². The van der Waals surface area contributed by atoms with Gasteiger partial charge in [-0.3, -0.25) is 9.24 Å². The molecule has 0 spiro atoms. The van der Waals surface area contributed by atoms with Crippen molar-refractivity contribution in [3.63, 3.8) is 0 Å². The largest absolute Gasteiger partial charge is 0.298 e. The summed E-state index contributed by atoms with van der Waals surface area (Å²) in [5.41, 5.74) is 25.0. The van der Waals surface area contributed by atoms with Crippen molar-refractivity contribution in [2.24, 2.45) is 0 Å². The molecule has 0 saturated heterocycles. The lowest BCUT2D eigenvalue weighted by molar-refractivity contribution is 0.717. The highest BCUT2D eigenvalue weighted by atomic mass is 15.4. The Hall–Kier alpha value is -6.39. The molecule has 4 aromatic heterocycles. The van der Waals surface area contributed by atoms with Crippen molar-refractivity contribution < 1.29 is 0 Å². The van der Waals surface area contributed by atoms with Gasteiger partial charge in [0.15, 0.2) is 0 Å². The van der Waals surface area contributed by atoms with Crippen molar-refractivity contribution in [3.05, 3.63) is 177 Å². The lowest BCUT2D eigenvalue weighted by Gasteiger charge is -2.21. The Labute approximate surface area is 334 Å². The third-order valence-corrected chi connectivity index (χ3v) is 12.8. The molecular weight excluding hydrogens is 693 g/mol. The molecule has 0 saturated carbocycles. The topological polar surface area (TPSA) is 27.7 Å². The highest BCUT2D eigenvalue weighted by molar-refractivity contribution is 6.11. The summed E-state index contributed by atoms with van der Waals surface area (Å²) in [6.45, 7) is 13.2. The van der Waals surface area contributed by atoms with Crippen LogP contribution in [-0.2, 0) is 19.3 Å². The molecule has 2 aliphatic rings. The molecule has 0 amide bonds. The fourth-order valence-electron chi connectivity index (χ4n) is 9.91. The number of nitrogens with zero attached hydrogens (tertiary/aromatic N) is 4. The molecule has 0 N–H and O–H groups in total. The van der Waals surface area contributed by atoms with E-state index < -0.39 is 0 Å². The van der Waals surface area contributed by atoms with Crippen molar-refractivity contribution >= 4 is 44.4 Å². The molecule has 4 nitrogen and oxygen atoms in total. The van der Waals surface area contributed by atoms with E-state index in [1.165, 1.54) is 122 Å². The van der Waals surface area contributed by atoms with Crippen LogP contribution in [0.1, 0.15) is 67.7 Å². The summed E-state index contributed by atoms with van der Waals surface area (Å²) in [4.78, 5) is 4.99. The zero-order chi connectivity index (χ0) is 38.7. The number of aromatic nitrogens is 4. The number of pyridine rings is 1. The summed E-state index contributed by atoms with van der Waals surface area (Å²) in [5.74, 6) is 0.999. The second-order valence-corrected chi connectivity index (χ2v) is 16.9. The average Bonchev–Trinajstić information content (AvgIpc) is 3.88. The van der Waals surface area contributed by atoms with Crippen LogP contribution in [0.2, 0.25) is 0 Å². The molecule has 11 rings (SSSR count). The van der Waals surface area contributed by atoms with Crippen LogP contribution >= 0.6 is 0 Å². The molecule has 0 unspecified atom stereocenters. The summed E-state index contributed by atoms with van der Waals surface area (Å²) < 4.78 is 7.14. The number of benzene rings is 5. The van der Waals surface area contributed by atoms with E-state index in [-0.39, 0.29) is 0 Å². The second-order valence-electron chi connectivity index (χ2n) is 16.9. The van der Waals surface area contributed by atoms with Crippen LogP contribution in [0.15, 0.2) is 116 Å². The fraction of sp³-hybridized carbons (Fsp3) is 0.189. The molecule has 0 fully saturated rings. The van der Waals surface area contributed by atoms with E-state index >= 15 is 0 Å². The molecule has 57 heavy (non-hydrogen) atoms. The first-order valence-corrected chi connectivity index (χ1v) is 20.4. The number of aryl methyl sites for hydroxylation is 8. The van der Waals surface area contributed by atoms with Crippen LogP contribution in [0.3, 0.4) is 0 Å². The van der Waals surface area contributed by atoms with E-state index in [4.69, 9.17) is 4.98 Å². The normalized spacial score (nSPS) is 13.6. The van der Waals surface area contributed by atoms with Crippen LogP contribution in [0.25, 0.3) is 72.4 Å². The lowest BCUT2D eigenvalue weighted by Crippen LogP contribution is -2.08. The van der Waals surface area contributed by atoms with Gasteiger partial charge in [0, 0.05) is 46.0 Å². The van der Waals surface area contributed by atoms with E-state index in [1.54, 1.807) is 0 Å². The van der Waals surface area contributed by atoms with Gasteiger partial charge in [-0.2, -0.15) is 0 Å². The van der Waals surface area contributed by atoms with Gasteiger partial charge < -0.3 is 0 Å². The molecule has 0 aliphatic heterocycles. The SMILES string of the molecule is Cc1ccnc(-n2c3c(c4cc5c(cc42)-c2cc4c(cc2CC5)c2cc(-c5cc(C)ccc5C)ccc2n4-n2ccc(C)c2)C=C(c2cc(C)ccc2C)CC3)c1. The Morgan fingerprint density at radius 2 is 1.19 bits per heavy atom. The maximum Gasteiger partial charge on any atom is 0.137 e. The minimum atomic E-state index is 0.973. The highest BCUT2D eigenvalue weighted by Crippen LogP contribution is 2.45. The summed E-state index contributed by atoms with van der Waals surface area (Å²) in [6.07, 6.45) is 12.9. The predicted molar refractivity (Wildman–Crippen MR) is 239 cm³/mol. The Morgan fingerprint density at radius 3 is 1.93 bits per heavy atom. The van der Waals surface area contributed by atoms with Gasteiger partial charge in [-0.25, -0.2) is 9.66 Å². The van der Waals surface area contributed by atoms with E-state index in [0.717, 1.165) is 31.5 Å². The van der Waals surface area contributed by atoms with Crippen LogP contribution in [0, 0.1) is 41.5 Å². The third-order valence-electron chi connectivity index (χ3n) is 12.8. The lowest BCUT2D eigenvalue weighted by atomic mass is 9.83. The summed E-state index contributed by atoms with van der Waals surface area (Å²) in [5, 5.41) is 3.92. The highest BCUT2D eigenvalue weighted by Gasteiger charge is 2.27. The van der Waals surface area contributed by atoms with Gasteiger partial charge in [0.25, 0.3) is 0 Å². The second kappa shape index (κ2) is 12.6. The van der Waals surface area contributed by atoms with E-state index in [2.05, 4.69) is 171 Å². The van der Waals surface area contributed by atoms with Crippen LogP contribution in [0.5, 0.6) is 0 Å². The minimum absolute atomic E-state index is 0.973. The monoisotopic (exact) mass is 738 g/mol. The predicted octanol–water partition coefficient (Wildman–Crippen LogP) is 13.0. The Bertz CT molecular complexity index is 3190. The minimum Gasteiger partial charge on any atom is -0.298 e. The van der Waals surface area contributed by atoms with Gasteiger partial charge in [-0.15, -0.1) is 0 Å². The summed E-state index contributed by atoms with van der Waals surface area (Å²) in [7, 11) is 0. The van der Waals surface area contributed by atoms with Crippen molar-refractivity contribution in [2.45, 2.75) is 67.2 Å². The number of hydrogen-bond donors (Lipinski definition) is 0. The number of hydrogen-bond acceptors (Lipinski definition) is 1. The third kappa shape index (κ3) is 5.30. The average molecular weight is 739 g/mol. The molecular formula is C53H46N4. The first kappa shape index (κ1) is 33.9. The number of fused-ring (bicyclic) bond motifs is 9. The van der Waals surface area contributed by atoms with Crippen LogP contribution in [0.4, 0.5) is 0 Å². The first-order valence-electron chi connectivity index (χ1n) is 20.4. The molecule has 0 radical (unpaired) electrons. The van der Waals surface area contributed by atoms with Crippen molar-refractivity contribution in [1.82, 2.24) is 18.9 Å². The van der Waals surface area contributed by atoms with Crippen molar-refractivity contribution in [2.75, 3.05) is 0 Å². The standard InChI is InChI=1S/C53H46N4/c1-31-7-9-35(5)41(21-31)37-13-15-49-45(24-37)47-26-39-11-12-40-27-48-46-25-38(42-22-32(2)8-10-36(42)6)14-16-50(46)57(55-20-18-34(4)30-55)52(48)29-44(40)43(39)28-51(47)56(49)53-23-33(3)17-19-54-53/h7-10,14,16-30H,11-13,15H2,1-6H3. The number of allylic oxidation sites excluding steroid dienone is 1.